The van der Waals surface area contributed by atoms with Crippen molar-refractivity contribution in [3.8, 4) is 0 Å². The molecule has 1 aromatic heterocycles. The van der Waals surface area contributed by atoms with E-state index >= 15 is 0 Å². The van der Waals surface area contributed by atoms with Gasteiger partial charge in [-0.05, 0) is 45.7 Å². The molecule has 2 heterocycles. The fourth-order valence-electron chi connectivity index (χ4n) is 3.29. The molecule has 3 rings (SSSR count). The van der Waals surface area contributed by atoms with Gasteiger partial charge in [0.05, 0.1) is 5.69 Å². The Hall–Kier alpha value is -2.14. The maximum Gasteiger partial charge on any atom is 0.251 e. The van der Waals surface area contributed by atoms with E-state index in [1.165, 1.54) is 0 Å². The first-order valence-corrected chi connectivity index (χ1v) is 8.46. The Balaban J connectivity index is 1.60. The van der Waals surface area contributed by atoms with Crippen LogP contribution in [0.2, 0.25) is 0 Å². The average molecular weight is 327 g/mol. The zero-order chi connectivity index (χ0) is 17.3. The number of hydrogen-bond donors (Lipinski definition) is 1. The molecule has 24 heavy (non-hydrogen) atoms. The predicted octanol–water partition coefficient (Wildman–Crippen LogP) is 2.91. The molecule has 128 valence electrons. The Morgan fingerprint density at radius 2 is 2.12 bits per heavy atom. The Morgan fingerprint density at radius 1 is 1.33 bits per heavy atom. The van der Waals surface area contributed by atoms with Crippen LogP contribution in [0, 0.1) is 27.7 Å². The quantitative estimate of drug-likeness (QED) is 0.938. The third-order valence-electron chi connectivity index (χ3n) is 4.81. The van der Waals surface area contributed by atoms with Crippen LogP contribution in [-0.2, 0) is 6.54 Å². The van der Waals surface area contributed by atoms with Crippen molar-refractivity contribution < 1.29 is 9.32 Å². The van der Waals surface area contributed by atoms with Gasteiger partial charge < -0.3 is 9.84 Å². The van der Waals surface area contributed by atoms with E-state index in [1.54, 1.807) is 0 Å². The summed E-state index contributed by atoms with van der Waals surface area (Å²) >= 11 is 0. The Labute approximate surface area is 143 Å². The van der Waals surface area contributed by atoms with Crippen LogP contribution in [0.3, 0.4) is 0 Å². The molecule has 1 aliphatic rings. The molecule has 1 saturated heterocycles. The monoisotopic (exact) mass is 327 g/mol. The molecule has 1 amide bonds. The fraction of sp³-hybridized carbons (Fsp3) is 0.474. The highest BCUT2D eigenvalue weighted by Gasteiger charge is 2.26. The Kier molecular flexibility index (Phi) is 4.71. The summed E-state index contributed by atoms with van der Waals surface area (Å²) in [6, 6.07) is 6.19. The number of hydrogen-bond acceptors (Lipinski definition) is 4. The summed E-state index contributed by atoms with van der Waals surface area (Å²) in [5.41, 5.74) is 5.02. The third-order valence-corrected chi connectivity index (χ3v) is 4.81. The Morgan fingerprint density at radius 3 is 2.83 bits per heavy atom. The number of aryl methyl sites for hydroxylation is 4. The molecule has 5 nitrogen and oxygen atoms in total. The van der Waals surface area contributed by atoms with Crippen molar-refractivity contribution in [2.45, 2.75) is 46.7 Å². The first-order valence-electron chi connectivity index (χ1n) is 8.46. The van der Waals surface area contributed by atoms with Crippen LogP contribution < -0.4 is 5.32 Å². The van der Waals surface area contributed by atoms with Crippen LogP contribution in [0.5, 0.6) is 0 Å². The summed E-state index contributed by atoms with van der Waals surface area (Å²) in [4.78, 5) is 14.9. The summed E-state index contributed by atoms with van der Waals surface area (Å²) in [5, 5.41) is 7.19. The van der Waals surface area contributed by atoms with Gasteiger partial charge in [0.1, 0.15) is 5.76 Å². The van der Waals surface area contributed by atoms with Crippen LogP contribution in [0.1, 0.15) is 44.9 Å². The SMILES string of the molecule is Cc1ccc(C)c(C(=O)N[C@H]2CCN(Cc3c(C)noc3C)C2)c1. The van der Waals surface area contributed by atoms with Gasteiger partial charge in [-0.2, -0.15) is 0 Å². The molecule has 0 saturated carbocycles. The number of aromatic nitrogens is 1. The van der Waals surface area contributed by atoms with E-state index in [1.807, 2.05) is 45.9 Å². The van der Waals surface area contributed by atoms with E-state index in [9.17, 15) is 4.79 Å². The molecule has 1 fully saturated rings. The number of rotatable bonds is 4. The molecule has 0 aliphatic carbocycles. The van der Waals surface area contributed by atoms with E-state index in [0.717, 1.165) is 59.8 Å². The van der Waals surface area contributed by atoms with Gasteiger partial charge in [-0.1, -0.05) is 22.9 Å². The minimum atomic E-state index is 0.0281. The largest absolute Gasteiger partial charge is 0.361 e. The molecule has 1 aromatic carbocycles. The lowest BCUT2D eigenvalue weighted by Gasteiger charge is -2.17. The van der Waals surface area contributed by atoms with Crippen molar-refractivity contribution in [1.29, 1.82) is 0 Å². The van der Waals surface area contributed by atoms with Crippen LogP contribution in [-0.4, -0.2) is 35.1 Å². The van der Waals surface area contributed by atoms with Gasteiger partial charge >= 0.3 is 0 Å². The van der Waals surface area contributed by atoms with Gasteiger partial charge in [0.25, 0.3) is 5.91 Å². The minimum Gasteiger partial charge on any atom is -0.361 e. The molecule has 0 radical (unpaired) electrons. The lowest BCUT2D eigenvalue weighted by atomic mass is 10.0. The van der Waals surface area contributed by atoms with E-state index in [2.05, 4.69) is 15.4 Å². The van der Waals surface area contributed by atoms with Gasteiger partial charge in [-0.3, -0.25) is 9.69 Å². The van der Waals surface area contributed by atoms with Gasteiger partial charge in [0, 0.05) is 36.8 Å². The van der Waals surface area contributed by atoms with Gasteiger partial charge in [0.15, 0.2) is 0 Å². The van der Waals surface area contributed by atoms with Gasteiger partial charge in [-0.25, -0.2) is 0 Å². The fourth-order valence-corrected chi connectivity index (χ4v) is 3.29. The molecule has 1 aliphatic heterocycles. The maximum absolute atomic E-state index is 12.6. The van der Waals surface area contributed by atoms with E-state index in [-0.39, 0.29) is 11.9 Å². The van der Waals surface area contributed by atoms with Crippen molar-refractivity contribution in [3.63, 3.8) is 0 Å². The number of carbonyl (C=O) groups is 1. The van der Waals surface area contributed by atoms with E-state index in [4.69, 9.17) is 4.52 Å². The smallest absolute Gasteiger partial charge is 0.251 e. The summed E-state index contributed by atoms with van der Waals surface area (Å²) in [5.74, 6) is 0.913. The summed E-state index contributed by atoms with van der Waals surface area (Å²) in [6.07, 6.45) is 0.972. The number of likely N-dealkylation sites (tertiary alicyclic amines) is 1. The molecular weight excluding hydrogens is 302 g/mol. The highest BCUT2D eigenvalue weighted by Crippen LogP contribution is 2.19. The lowest BCUT2D eigenvalue weighted by molar-refractivity contribution is 0.0937. The first-order chi connectivity index (χ1) is 11.4. The first kappa shape index (κ1) is 16.7. The minimum absolute atomic E-state index is 0.0281. The number of nitrogens with zero attached hydrogens (tertiary/aromatic N) is 2. The molecule has 2 aromatic rings. The zero-order valence-electron chi connectivity index (χ0n) is 14.8. The number of carbonyl (C=O) groups excluding carboxylic acids is 1. The normalized spacial score (nSPS) is 18.1. The van der Waals surface area contributed by atoms with Crippen molar-refractivity contribution in [2.75, 3.05) is 13.1 Å². The second kappa shape index (κ2) is 6.77. The molecule has 0 unspecified atom stereocenters. The highest BCUT2D eigenvalue weighted by molar-refractivity contribution is 5.96. The molecule has 5 heteroatoms. The second-order valence-corrected chi connectivity index (χ2v) is 6.82. The lowest BCUT2D eigenvalue weighted by Crippen LogP contribution is -2.37. The summed E-state index contributed by atoms with van der Waals surface area (Å²) < 4.78 is 5.23. The van der Waals surface area contributed by atoms with Crippen molar-refractivity contribution in [2.24, 2.45) is 0 Å². The van der Waals surface area contributed by atoms with Crippen molar-refractivity contribution >= 4 is 5.91 Å². The van der Waals surface area contributed by atoms with E-state index < -0.39 is 0 Å². The number of benzene rings is 1. The third kappa shape index (κ3) is 3.51. The van der Waals surface area contributed by atoms with Crippen molar-refractivity contribution in [1.82, 2.24) is 15.4 Å². The molecular formula is C19H25N3O2. The van der Waals surface area contributed by atoms with Gasteiger partial charge in [-0.15, -0.1) is 0 Å². The Bertz CT molecular complexity index is 732. The summed E-state index contributed by atoms with van der Waals surface area (Å²) in [7, 11) is 0. The van der Waals surface area contributed by atoms with Gasteiger partial charge in [0.2, 0.25) is 0 Å². The maximum atomic E-state index is 12.6. The molecule has 0 bridgehead atoms. The number of nitrogens with one attached hydrogen (secondary N) is 1. The van der Waals surface area contributed by atoms with Crippen LogP contribution in [0.15, 0.2) is 22.7 Å². The molecule has 0 spiro atoms. The highest BCUT2D eigenvalue weighted by atomic mass is 16.5. The summed E-state index contributed by atoms with van der Waals surface area (Å²) in [6.45, 7) is 10.6. The average Bonchev–Trinajstić information content (AvgIpc) is 3.11. The number of amides is 1. The van der Waals surface area contributed by atoms with Crippen LogP contribution in [0.25, 0.3) is 0 Å². The topological polar surface area (TPSA) is 58.4 Å². The standard InChI is InChI=1S/C19H25N3O2/c1-12-5-6-13(2)17(9-12)19(23)20-16-7-8-22(10-16)11-18-14(3)21-24-15(18)4/h5-6,9,16H,7-8,10-11H2,1-4H3,(H,20,23)/t16-/m0/s1. The zero-order valence-corrected chi connectivity index (χ0v) is 14.8. The molecule has 1 N–H and O–H groups in total. The van der Waals surface area contributed by atoms with Crippen molar-refractivity contribution in [3.05, 3.63) is 51.9 Å². The predicted molar refractivity (Wildman–Crippen MR) is 93.0 cm³/mol. The van der Waals surface area contributed by atoms with Crippen LogP contribution in [0.4, 0.5) is 0 Å². The molecule has 1 atom stereocenters. The van der Waals surface area contributed by atoms with Crippen LogP contribution >= 0.6 is 0 Å². The second-order valence-electron chi connectivity index (χ2n) is 6.82. The van der Waals surface area contributed by atoms with E-state index in [0.29, 0.717) is 0 Å².